The molecule has 0 fully saturated rings. The molecule has 0 amide bonds. The van der Waals surface area contributed by atoms with Gasteiger partial charge in [0.1, 0.15) is 0 Å². The second-order valence-corrected chi connectivity index (χ2v) is 7.35. The van der Waals surface area contributed by atoms with Crippen molar-refractivity contribution < 1.29 is 8.42 Å². The van der Waals surface area contributed by atoms with E-state index < -0.39 is 10.0 Å². The van der Waals surface area contributed by atoms with Crippen LogP contribution in [0.25, 0.3) is 0 Å². The van der Waals surface area contributed by atoms with Gasteiger partial charge in [-0.15, -0.1) is 11.3 Å². The third-order valence-corrected chi connectivity index (χ3v) is 5.15. The topological polar surface area (TPSA) is 58.5 Å². The summed E-state index contributed by atoms with van der Waals surface area (Å²) < 4.78 is 24.8. The normalized spacial score (nSPS) is 11.9. The molecular formula is C12H11BrN2O2S2. The molecule has 1 aromatic heterocycles. The van der Waals surface area contributed by atoms with Crippen molar-refractivity contribution in [1.29, 1.82) is 0 Å². The molecule has 19 heavy (non-hydrogen) atoms. The summed E-state index contributed by atoms with van der Waals surface area (Å²) in [7, 11) is -3.60. The lowest BCUT2D eigenvalue weighted by Crippen LogP contribution is -2.18. The van der Waals surface area contributed by atoms with Gasteiger partial charge in [0.25, 0.3) is 10.0 Å². The molecule has 1 aromatic carbocycles. The van der Waals surface area contributed by atoms with E-state index >= 15 is 0 Å². The predicted octanol–water partition coefficient (Wildman–Crippen LogP) is 3.13. The molecule has 4 nitrogen and oxygen atoms in total. The van der Waals surface area contributed by atoms with Gasteiger partial charge in [0.15, 0.2) is 0 Å². The Balaban J connectivity index is 2.09. The first-order chi connectivity index (χ1) is 8.97. The lowest BCUT2D eigenvalue weighted by atomic mass is 10.2. The van der Waals surface area contributed by atoms with Gasteiger partial charge in [-0.25, -0.2) is 4.83 Å². The maximum Gasteiger partial charge on any atom is 0.276 e. The van der Waals surface area contributed by atoms with Gasteiger partial charge in [-0.3, -0.25) is 0 Å². The van der Waals surface area contributed by atoms with Crippen molar-refractivity contribution in [3.05, 3.63) is 50.6 Å². The predicted molar refractivity (Wildman–Crippen MR) is 81.1 cm³/mol. The van der Waals surface area contributed by atoms with Crippen LogP contribution in [0.15, 0.2) is 50.2 Å². The molecule has 1 N–H and O–H groups in total. The molecule has 1 heterocycles. The molecule has 7 heteroatoms. The smallest absolute Gasteiger partial charge is 0.200 e. The van der Waals surface area contributed by atoms with E-state index in [4.69, 9.17) is 0 Å². The molecule has 2 rings (SSSR count). The quantitative estimate of drug-likeness (QED) is 0.674. The largest absolute Gasteiger partial charge is 0.276 e. The van der Waals surface area contributed by atoms with E-state index in [2.05, 4.69) is 25.9 Å². The van der Waals surface area contributed by atoms with Gasteiger partial charge in [0, 0.05) is 14.7 Å². The molecule has 0 aliphatic heterocycles. The number of thiophene rings is 1. The first-order valence-corrected chi connectivity index (χ1v) is 8.48. The number of halogens is 1. The fraction of sp³-hybridized carbons (Fsp3) is 0.0833. The van der Waals surface area contributed by atoms with Crippen LogP contribution in [0, 0.1) is 6.92 Å². The Kier molecular flexibility index (Phi) is 4.38. The number of hydrazone groups is 1. The minimum Gasteiger partial charge on any atom is -0.200 e. The zero-order valence-electron chi connectivity index (χ0n) is 10.00. The molecule has 0 saturated heterocycles. The summed E-state index contributed by atoms with van der Waals surface area (Å²) >= 11 is 4.78. The third kappa shape index (κ3) is 3.89. The summed E-state index contributed by atoms with van der Waals surface area (Å²) in [5.74, 6) is 0. The van der Waals surface area contributed by atoms with Crippen molar-refractivity contribution in [2.45, 2.75) is 11.8 Å². The van der Waals surface area contributed by atoms with Crippen LogP contribution < -0.4 is 4.83 Å². The molecule has 0 aliphatic rings. The van der Waals surface area contributed by atoms with Crippen LogP contribution in [-0.4, -0.2) is 14.6 Å². The highest BCUT2D eigenvalue weighted by Crippen LogP contribution is 2.17. The monoisotopic (exact) mass is 358 g/mol. The Morgan fingerprint density at radius 2 is 2.00 bits per heavy atom. The molecule has 100 valence electrons. The first-order valence-electron chi connectivity index (χ1n) is 5.33. The number of hydrogen-bond acceptors (Lipinski definition) is 4. The highest BCUT2D eigenvalue weighted by atomic mass is 79.9. The molecule has 0 saturated carbocycles. The second-order valence-electron chi connectivity index (χ2n) is 3.83. The van der Waals surface area contributed by atoms with Gasteiger partial charge in [0.2, 0.25) is 0 Å². The average Bonchev–Trinajstić information content (AvgIpc) is 2.75. The van der Waals surface area contributed by atoms with Crippen LogP contribution >= 0.6 is 27.3 Å². The first kappa shape index (κ1) is 14.2. The van der Waals surface area contributed by atoms with Crippen molar-refractivity contribution >= 4 is 43.5 Å². The maximum absolute atomic E-state index is 11.9. The van der Waals surface area contributed by atoms with E-state index in [1.165, 1.54) is 17.6 Å². The number of rotatable bonds is 4. The zero-order chi connectivity index (χ0) is 13.9. The summed E-state index contributed by atoms with van der Waals surface area (Å²) in [6.45, 7) is 1.90. The average molecular weight is 359 g/mol. The van der Waals surface area contributed by atoms with Crippen LogP contribution in [0.2, 0.25) is 0 Å². The van der Waals surface area contributed by atoms with Crippen LogP contribution in [0.1, 0.15) is 10.4 Å². The van der Waals surface area contributed by atoms with Crippen molar-refractivity contribution in [2.75, 3.05) is 0 Å². The summed E-state index contributed by atoms with van der Waals surface area (Å²) in [6, 6.07) is 8.45. The molecule has 0 aliphatic carbocycles. The highest BCUT2D eigenvalue weighted by Gasteiger charge is 2.11. The van der Waals surface area contributed by atoms with Crippen LogP contribution in [0.3, 0.4) is 0 Å². The second kappa shape index (κ2) is 5.85. The number of sulfonamides is 1. The highest BCUT2D eigenvalue weighted by molar-refractivity contribution is 9.10. The van der Waals surface area contributed by atoms with E-state index in [-0.39, 0.29) is 4.90 Å². The van der Waals surface area contributed by atoms with Gasteiger partial charge in [-0.05, 0) is 41.1 Å². The van der Waals surface area contributed by atoms with Crippen LogP contribution in [0.5, 0.6) is 0 Å². The fourth-order valence-electron chi connectivity index (χ4n) is 1.33. The molecular weight excluding hydrogens is 348 g/mol. The van der Waals surface area contributed by atoms with Gasteiger partial charge >= 0.3 is 0 Å². The van der Waals surface area contributed by atoms with E-state index in [1.54, 1.807) is 24.3 Å². The Morgan fingerprint density at radius 3 is 2.58 bits per heavy atom. The van der Waals surface area contributed by atoms with Crippen LogP contribution in [0.4, 0.5) is 0 Å². The summed E-state index contributed by atoms with van der Waals surface area (Å²) in [4.78, 5) is 3.24. The van der Waals surface area contributed by atoms with E-state index in [0.29, 0.717) is 0 Å². The number of aryl methyl sites for hydroxylation is 1. The van der Waals surface area contributed by atoms with Gasteiger partial charge in [-0.1, -0.05) is 17.7 Å². The van der Waals surface area contributed by atoms with Gasteiger partial charge in [-0.2, -0.15) is 13.5 Å². The maximum atomic E-state index is 11.9. The number of nitrogens with one attached hydrogen (secondary N) is 1. The number of hydrogen-bond donors (Lipinski definition) is 1. The van der Waals surface area contributed by atoms with Gasteiger partial charge < -0.3 is 0 Å². The number of nitrogens with zero attached hydrogens (tertiary/aromatic N) is 1. The minimum atomic E-state index is -3.60. The molecule has 0 radical (unpaired) electrons. The molecule has 0 bridgehead atoms. The summed E-state index contributed by atoms with van der Waals surface area (Å²) in [5, 5.41) is 5.65. The van der Waals surface area contributed by atoms with Crippen molar-refractivity contribution in [2.24, 2.45) is 5.10 Å². The lowest BCUT2D eigenvalue weighted by Gasteiger charge is -2.02. The Morgan fingerprint density at radius 1 is 1.32 bits per heavy atom. The lowest BCUT2D eigenvalue weighted by molar-refractivity contribution is 0.584. The number of benzene rings is 1. The van der Waals surface area contributed by atoms with E-state index in [1.807, 2.05) is 18.4 Å². The molecule has 0 unspecified atom stereocenters. The summed E-state index contributed by atoms with van der Waals surface area (Å²) in [5.41, 5.74) is 1.01. The zero-order valence-corrected chi connectivity index (χ0v) is 13.2. The Labute approximate surface area is 124 Å². The van der Waals surface area contributed by atoms with E-state index in [9.17, 15) is 8.42 Å². The van der Waals surface area contributed by atoms with Crippen LogP contribution in [-0.2, 0) is 10.0 Å². The Hall–Kier alpha value is -1.18. The van der Waals surface area contributed by atoms with Gasteiger partial charge in [0.05, 0.1) is 11.1 Å². The summed E-state index contributed by atoms with van der Waals surface area (Å²) in [6.07, 6.45) is 1.47. The SMILES string of the molecule is Cc1ccc(S(=O)(=O)NN=Cc2cc(Br)cs2)cc1. The van der Waals surface area contributed by atoms with E-state index in [0.717, 1.165) is 14.9 Å². The molecule has 2 aromatic rings. The molecule has 0 spiro atoms. The van der Waals surface area contributed by atoms with Crippen molar-refractivity contribution in [1.82, 2.24) is 4.83 Å². The van der Waals surface area contributed by atoms with Crippen molar-refractivity contribution in [3.8, 4) is 0 Å². The molecule has 0 atom stereocenters. The standard InChI is InChI=1S/C12H11BrN2O2S2/c1-9-2-4-12(5-3-9)19(16,17)15-14-7-11-6-10(13)8-18-11/h2-8,15H,1H3. The van der Waals surface area contributed by atoms with Crippen molar-refractivity contribution in [3.63, 3.8) is 0 Å². The fourth-order valence-corrected chi connectivity index (χ4v) is 3.42. The minimum absolute atomic E-state index is 0.197. The Bertz CT molecular complexity index is 691. The third-order valence-electron chi connectivity index (χ3n) is 2.28.